The summed E-state index contributed by atoms with van der Waals surface area (Å²) >= 11 is 12.6. The monoisotopic (exact) mass is 568 g/mol. The van der Waals surface area contributed by atoms with E-state index in [4.69, 9.17) is 27.9 Å². The Morgan fingerprint density at radius 1 is 0.949 bits per heavy atom. The van der Waals surface area contributed by atoms with Crippen LogP contribution in [0.3, 0.4) is 0 Å². The minimum absolute atomic E-state index is 0.131. The lowest BCUT2D eigenvalue weighted by molar-refractivity contribution is -0.142. The van der Waals surface area contributed by atoms with E-state index >= 15 is 0 Å². The van der Waals surface area contributed by atoms with Crippen LogP contribution in [-0.2, 0) is 28.0 Å². The molecule has 2 amide bonds. The number of nitrogens with zero attached hydrogens (tertiary/aromatic N) is 1. The summed E-state index contributed by atoms with van der Waals surface area (Å²) in [6.45, 7) is 10.8. The average molecular weight is 570 g/mol. The van der Waals surface area contributed by atoms with E-state index in [9.17, 15) is 9.59 Å². The van der Waals surface area contributed by atoms with Crippen LogP contribution in [0.1, 0.15) is 51.3 Å². The highest BCUT2D eigenvalue weighted by atomic mass is 35.5. The van der Waals surface area contributed by atoms with E-state index in [-0.39, 0.29) is 36.3 Å². The molecule has 0 aliphatic rings. The number of carbonyl (C=O) groups excluding carboxylic acids is 2. The summed E-state index contributed by atoms with van der Waals surface area (Å²) in [5, 5.41) is 3.95. The molecule has 0 radical (unpaired) electrons. The van der Waals surface area contributed by atoms with Gasteiger partial charge >= 0.3 is 0 Å². The fourth-order valence-electron chi connectivity index (χ4n) is 4.24. The van der Waals surface area contributed by atoms with Crippen LogP contribution in [0.2, 0.25) is 10.0 Å². The Kier molecular flexibility index (Phi) is 10.8. The molecule has 0 aromatic heterocycles. The summed E-state index contributed by atoms with van der Waals surface area (Å²) < 4.78 is 6.09. The molecule has 0 fully saturated rings. The second kappa shape index (κ2) is 13.9. The fourth-order valence-corrected chi connectivity index (χ4v) is 4.71. The first kappa shape index (κ1) is 30.5. The second-order valence-corrected chi connectivity index (χ2v) is 12.0. The average Bonchev–Trinajstić information content (AvgIpc) is 2.89. The van der Waals surface area contributed by atoms with Crippen molar-refractivity contribution in [2.75, 3.05) is 13.2 Å². The molecule has 3 rings (SSSR count). The molecular formula is C32H38Cl2N2O3. The predicted molar refractivity (Wildman–Crippen MR) is 159 cm³/mol. The number of rotatable bonds is 11. The third-order valence-electron chi connectivity index (χ3n) is 6.36. The smallest absolute Gasteiger partial charge is 0.261 e. The van der Waals surface area contributed by atoms with Crippen LogP contribution < -0.4 is 10.1 Å². The molecule has 5 nitrogen and oxygen atoms in total. The van der Waals surface area contributed by atoms with Gasteiger partial charge in [-0.05, 0) is 46.2 Å². The number of nitrogens with one attached hydrogen (secondary N) is 1. The Morgan fingerprint density at radius 3 is 2.26 bits per heavy atom. The lowest BCUT2D eigenvalue weighted by Gasteiger charge is -2.32. The quantitative estimate of drug-likeness (QED) is 0.269. The molecule has 0 aliphatic heterocycles. The zero-order valence-electron chi connectivity index (χ0n) is 23.3. The minimum atomic E-state index is -0.771. The molecule has 7 heteroatoms. The Balaban J connectivity index is 1.96. The summed E-state index contributed by atoms with van der Waals surface area (Å²) in [5.41, 5.74) is 2.48. The summed E-state index contributed by atoms with van der Waals surface area (Å²) in [6, 6.07) is 21.8. The van der Waals surface area contributed by atoms with Crippen molar-refractivity contribution in [1.82, 2.24) is 10.2 Å². The van der Waals surface area contributed by atoms with Crippen LogP contribution >= 0.6 is 23.2 Å². The first-order valence-electron chi connectivity index (χ1n) is 13.2. The standard InChI is InChI=1S/C32H38Cl2N2O3/c1-22(2)19-35-31(38)28(17-23-11-7-6-8-12-23)36(20-24-15-16-25(33)18-27(24)34)30(37)21-39-29-14-10-9-13-26(29)32(3,4)5/h6-16,18,22,28H,17,19-21H2,1-5H3,(H,35,38)/t28-/m0/s1. The number of carbonyl (C=O) groups is 2. The molecule has 0 saturated carbocycles. The maximum atomic E-state index is 13.9. The zero-order chi connectivity index (χ0) is 28.6. The Hall–Kier alpha value is -3.02. The molecule has 1 N–H and O–H groups in total. The lowest BCUT2D eigenvalue weighted by Crippen LogP contribution is -2.52. The normalized spacial score (nSPS) is 12.2. The van der Waals surface area contributed by atoms with E-state index in [2.05, 4.69) is 26.1 Å². The molecule has 208 valence electrons. The lowest BCUT2D eigenvalue weighted by atomic mass is 9.86. The fraction of sp³-hybridized carbons (Fsp3) is 0.375. The van der Waals surface area contributed by atoms with Crippen LogP contribution in [0.4, 0.5) is 0 Å². The SMILES string of the molecule is CC(C)CNC(=O)[C@H](Cc1ccccc1)N(Cc1ccc(Cl)cc1Cl)C(=O)COc1ccccc1C(C)(C)C. The first-order chi connectivity index (χ1) is 18.5. The highest BCUT2D eigenvalue weighted by molar-refractivity contribution is 6.35. The molecule has 0 unspecified atom stereocenters. The van der Waals surface area contributed by atoms with Crippen molar-refractivity contribution < 1.29 is 14.3 Å². The van der Waals surface area contributed by atoms with Crippen molar-refractivity contribution in [3.8, 4) is 5.75 Å². The van der Waals surface area contributed by atoms with E-state index in [1.54, 1.807) is 23.1 Å². The van der Waals surface area contributed by atoms with Crippen LogP contribution in [-0.4, -0.2) is 35.9 Å². The molecule has 3 aromatic rings. The molecule has 39 heavy (non-hydrogen) atoms. The van der Waals surface area contributed by atoms with Crippen molar-refractivity contribution in [2.24, 2.45) is 5.92 Å². The van der Waals surface area contributed by atoms with Crippen molar-refractivity contribution >= 4 is 35.0 Å². The van der Waals surface area contributed by atoms with E-state index in [0.717, 1.165) is 11.1 Å². The second-order valence-electron chi connectivity index (χ2n) is 11.1. The molecule has 3 aromatic carbocycles. The maximum Gasteiger partial charge on any atom is 0.261 e. The van der Waals surface area contributed by atoms with Crippen molar-refractivity contribution in [1.29, 1.82) is 0 Å². The van der Waals surface area contributed by atoms with Crippen LogP contribution in [0.15, 0.2) is 72.8 Å². The number of hydrogen-bond acceptors (Lipinski definition) is 3. The topological polar surface area (TPSA) is 58.6 Å². The van der Waals surface area contributed by atoms with Crippen LogP contribution in [0.5, 0.6) is 5.75 Å². The summed E-state index contributed by atoms with van der Waals surface area (Å²) in [7, 11) is 0. The highest BCUT2D eigenvalue weighted by Gasteiger charge is 2.31. The van der Waals surface area contributed by atoms with Gasteiger partial charge in [-0.2, -0.15) is 0 Å². The minimum Gasteiger partial charge on any atom is -0.483 e. The van der Waals surface area contributed by atoms with Gasteiger partial charge in [-0.1, -0.05) is 112 Å². The Morgan fingerprint density at radius 2 is 1.62 bits per heavy atom. The Labute approximate surface area is 242 Å². The van der Waals surface area contributed by atoms with Crippen molar-refractivity contribution in [3.05, 3.63) is 99.5 Å². The predicted octanol–water partition coefficient (Wildman–Crippen LogP) is 7.08. The van der Waals surface area contributed by atoms with E-state index in [1.165, 1.54) is 0 Å². The van der Waals surface area contributed by atoms with Gasteiger partial charge in [-0.15, -0.1) is 0 Å². The van der Waals surface area contributed by atoms with Gasteiger partial charge in [0.05, 0.1) is 0 Å². The molecule has 0 saturated heterocycles. The summed E-state index contributed by atoms with van der Waals surface area (Å²) in [6.07, 6.45) is 0.348. The Bertz CT molecular complexity index is 1260. The van der Waals surface area contributed by atoms with Gasteiger partial charge in [0.25, 0.3) is 5.91 Å². The largest absolute Gasteiger partial charge is 0.483 e. The van der Waals surface area contributed by atoms with E-state index in [0.29, 0.717) is 34.3 Å². The number of hydrogen-bond donors (Lipinski definition) is 1. The summed E-state index contributed by atoms with van der Waals surface area (Å²) in [5.74, 6) is 0.372. The molecule has 0 spiro atoms. The van der Waals surface area contributed by atoms with Gasteiger partial charge in [-0.25, -0.2) is 0 Å². The van der Waals surface area contributed by atoms with Gasteiger partial charge < -0.3 is 15.0 Å². The maximum absolute atomic E-state index is 13.9. The number of para-hydroxylation sites is 1. The van der Waals surface area contributed by atoms with Gasteiger partial charge in [-0.3, -0.25) is 9.59 Å². The van der Waals surface area contributed by atoms with Crippen LogP contribution in [0, 0.1) is 5.92 Å². The molecular weight excluding hydrogens is 531 g/mol. The van der Waals surface area contributed by atoms with Crippen molar-refractivity contribution in [2.45, 2.75) is 59.0 Å². The highest BCUT2D eigenvalue weighted by Crippen LogP contribution is 2.31. The first-order valence-corrected chi connectivity index (χ1v) is 14.0. The van der Waals surface area contributed by atoms with Gasteiger partial charge in [0, 0.05) is 29.6 Å². The third-order valence-corrected chi connectivity index (χ3v) is 6.94. The van der Waals surface area contributed by atoms with Gasteiger partial charge in [0.15, 0.2) is 6.61 Å². The summed E-state index contributed by atoms with van der Waals surface area (Å²) in [4.78, 5) is 29.0. The third kappa shape index (κ3) is 9.01. The van der Waals surface area contributed by atoms with Crippen LogP contribution in [0.25, 0.3) is 0 Å². The van der Waals surface area contributed by atoms with E-state index < -0.39 is 6.04 Å². The molecule has 0 aliphatic carbocycles. The van der Waals surface area contributed by atoms with E-state index in [1.807, 2.05) is 68.4 Å². The molecule has 0 heterocycles. The molecule has 1 atom stereocenters. The number of amides is 2. The zero-order valence-corrected chi connectivity index (χ0v) is 24.9. The number of halogens is 2. The van der Waals surface area contributed by atoms with Gasteiger partial charge in [0.2, 0.25) is 5.91 Å². The number of ether oxygens (including phenoxy) is 1. The van der Waals surface area contributed by atoms with Gasteiger partial charge in [0.1, 0.15) is 11.8 Å². The number of benzene rings is 3. The molecule has 0 bridgehead atoms. The van der Waals surface area contributed by atoms with Crippen molar-refractivity contribution in [3.63, 3.8) is 0 Å².